The number of carbonyl (C=O) groups excluding carboxylic acids is 3. The Balaban J connectivity index is 1.44. The Morgan fingerprint density at radius 2 is 1.63 bits per heavy atom. The van der Waals surface area contributed by atoms with Gasteiger partial charge in [-0.3, -0.25) is 24.2 Å². The minimum Gasteiger partial charge on any atom is -0.294 e. The number of hydrogen-bond acceptors (Lipinski definition) is 3. The molecule has 140 valence electrons. The Kier molecular flexibility index (Phi) is 3.43. The molecular formula is C22H24N2O3. The molecule has 4 aliphatic carbocycles. The number of carbonyl (C=O) groups is 3. The SMILES string of the molecule is CC(=O)N(CN1C(=O)[C@H]2[C@@H]3C=C[C@H]([C@H]4C[C@H]34)[C@@H]2C1=O)c1ccc(C)c(C)c1. The first-order valence-corrected chi connectivity index (χ1v) is 9.77. The second kappa shape index (κ2) is 5.54. The molecule has 27 heavy (non-hydrogen) atoms. The van der Waals surface area contributed by atoms with Gasteiger partial charge in [0.2, 0.25) is 17.7 Å². The number of anilines is 1. The van der Waals surface area contributed by atoms with Crippen LogP contribution in [0, 0.1) is 49.4 Å². The van der Waals surface area contributed by atoms with Crippen LogP contribution in [0.5, 0.6) is 0 Å². The molecule has 6 rings (SSSR count). The van der Waals surface area contributed by atoms with Crippen LogP contribution in [-0.4, -0.2) is 29.3 Å². The molecule has 0 radical (unpaired) electrons. The minimum atomic E-state index is -0.218. The highest BCUT2D eigenvalue weighted by molar-refractivity contribution is 6.07. The molecule has 3 amide bonds. The van der Waals surface area contributed by atoms with E-state index in [1.54, 1.807) is 0 Å². The first-order valence-electron chi connectivity index (χ1n) is 9.77. The van der Waals surface area contributed by atoms with Crippen LogP contribution in [0.25, 0.3) is 0 Å². The van der Waals surface area contributed by atoms with E-state index in [1.807, 2.05) is 32.0 Å². The van der Waals surface area contributed by atoms with Crippen LogP contribution in [0.3, 0.4) is 0 Å². The summed E-state index contributed by atoms with van der Waals surface area (Å²) in [6.07, 6.45) is 5.49. The maximum Gasteiger partial charge on any atom is 0.235 e. The van der Waals surface area contributed by atoms with E-state index in [2.05, 4.69) is 12.2 Å². The van der Waals surface area contributed by atoms with Crippen LogP contribution in [0.2, 0.25) is 0 Å². The van der Waals surface area contributed by atoms with E-state index in [0.717, 1.165) is 23.2 Å². The van der Waals surface area contributed by atoms with Crippen molar-refractivity contribution in [2.45, 2.75) is 27.2 Å². The third-order valence-corrected chi connectivity index (χ3v) is 7.22. The van der Waals surface area contributed by atoms with E-state index in [-0.39, 0.29) is 48.1 Å². The van der Waals surface area contributed by atoms with Crippen molar-refractivity contribution >= 4 is 23.4 Å². The van der Waals surface area contributed by atoms with Crippen molar-refractivity contribution in [3.8, 4) is 0 Å². The van der Waals surface area contributed by atoms with E-state index in [4.69, 9.17) is 0 Å². The highest BCUT2D eigenvalue weighted by atomic mass is 16.2. The molecule has 5 aliphatic rings. The zero-order valence-electron chi connectivity index (χ0n) is 15.9. The third-order valence-electron chi connectivity index (χ3n) is 7.22. The number of allylic oxidation sites excluding steroid dienone is 2. The van der Waals surface area contributed by atoms with E-state index in [1.165, 1.54) is 16.7 Å². The first kappa shape index (κ1) is 16.7. The van der Waals surface area contributed by atoms with Gasteiger partial charge in [0.15, 0.2) is 0 Å². The summed E-state index contributed by atoms with van der Waals surface area (Å²) in [5, 5.41) is 0. The molecule has 5 nitrogen and oxygen atoms in total. The summed E-state index contributed by atoms with van der Waals surface area (Å²) in [6.45, 7) is 5.50. The predicted molar refractivity (Wildman–Crippen MR) is 100 cm³/mol. The van der Waals surface area contributed by atoms with Gasteiger partial charge in [-0.1, -0.05) is 18.2 Å². The van der Waals surface area contributed by atoms with Crippen molar-refractivity contribution in [3.05, 3.63) is 41.5 Å². The fraction of sp³-hybridized carbons (Fsp3) is 0.500. The fourth-order valence-electron chi connectivity index (χ4n) is 5.56. The molecule has 3 fully saturated rings. The molecule has 0 N–H and O–H groups in total. The zero-order chi connectivity index (χ0) is 19.0. The van der Waals surface area contributed by atoms with Gasteiger partial charge in [0, 0.05) is 12.6 Å². The smallest absolute Gasteiger partial charge is 0.235 e. The Labute approximate surface area is 159 Å². The third kappa shape index (κ3) is 2.27. The van der Waals surface area contributed by atoms with Gasteiger partial charge in [0.05, 0.1) is 11.8 Å². The van der Waals surface area contributed by atoms with E-state index in [9.17, 15) is 14.4 Å². The summed E-state index contributed by atoms with van der Waals surface area (Å²) in [5.74, 6) is 0.794. The Morgan fingerprint density at radius 1 is 1.04 bits per heavy atom. The maximum atomic E-state index is 13.1. The predicted octanol–water partition coefficient (Wildman–Crippen LogP) is 2.67. The van der Waals surface area contributed by atoms with E-state index >= 15 is 0 Å². The Hall–Kier alpha value is -2.43. The second-order valence-electron chi connectivity index (χ2n) is 8.62. The van der Waals surface area contributed by atoms with Gasteiger partial charge in [0.25, 0.3) is 0 Å². The molecule has 1 aromatic carbocycles. The lowest BCUT2D eigenvalue weighted by atomic mass is 9.63. The average Bonchev–Trinajstić information content (AvgIpc) is 3.41. The number of benzene rings is 1. The van der Waals surface area contributed by atoms with Crippen LogP contribution < -0.4 is 4.90 Å². The second-order valence-corrected chi connectivity index (χ2v) is 8.62. The number of amides is 3. The fourth-order valence-corrected chi connectivity index (χ4v) is 5.56. The summed E-state index contributed by atoms with van der Waals surface area (Å²) in [5.41, 5.74) is 2.95. The molecule has 0 aromatic heterocycles. The summed E-state index contributed by atoms with van der Waals surface area (Å²) in [7, 11) is 0. The molecule has 0 unspecified atom stereocenters. The average molecular weight is 364 g/mol. The van der Waals surface area contributed by atoms with Gasteiger partial charge in [-0.25, -0.2) is 0 Å². The largest absolute Gasteiger partial charge is 0.294 e. The molecule has 1 aromatic rings. The van der Waals surface area contributed by atoms with Gasteiger partial charge in [-0.15, -0.1) is 0 Å². The summed E-state index contributed by atoms with van der Waals surface area (Å²) < 4.78 is 0. The van der Waals surface area contributed by atoms with Crippen LogP contribution in [0.4, 0.5) is 5.69 Å². The highest BCUT2D eigenvalue weighted by Crippen LogP contribution is 2.65. The van der Waals surface area contributed by atoms with Crippen molar-refractivity contribution < 1.29 is 14.4 Å². The normalized spacial score (nSPS) is 35.3. The first-order chi connectivity index (χ1) is 12.9. The van der Waals surface area contributed by atoms with Crippen LogP contribution in [0.15, 0.2) is 30.4 Å². The number of aryl methyl sites for hydroxylation is 2. The lowest BCUT2D eigenvalue weighted by molar-refractivity contribution is -0.140. The number of hydrogen-bond donors (Lipinski definition) is 0. The number of likely N-dealkylation sites (tertiary alicyclic amines) is 1. The number of imide groups is 1. The molecule has 1 saturated heterocycles. The van der Waals surface area contributed by atoms with E-state index in [0.29, 0.717) is 11.8 Å². The monoisotopic (exact) mass is 364 g/mol. The topological polar surface area (TPSA) is 57.7 Å². The highest BCUT2D eigenvalue weighted by Gasteiger charge is 2.67. The van der Waals surface area contributed by atoms with Crippen molar-refractivity contribution in [2.75, 3.05) is 11.6 Å². The summed E-state index contributed by atoms with van der Waals surface area (Å²) >= 11 is 0. The van der Waals surface area contributed by atoms with E-state index < -0.39 is 0 Å². The zero-order valence-corrected chi connectivity index (χ0v) is 15.9. The van der Waals surface area contributed by atoms with Crippen molar-refractivity contribution in [2.24, 2.45) is 35.5 Å². The van der Waals surface area contributed by atoms with Crippen molar-refractivity contribution in [3.63, 3.8) is 0 Å². The van der Waals surface area contributed by atoms with Gasteiger partial charge in [-0.2, -0.15) is 0 Å². The van der Waals surface area contributed by atoms with Crippen LogP contribution >= 0.6 is 0 Å². The number of nitrogens with zero attached hydrogens (tertiary/aromatic N) is 2. The summed E-state index contributed by atoms with van der Waals surface area (Å²) in [4.78, 5) is 41.5. The van der Waals surface area contributed by atoms with Crippen molar-refractivity contribution in [1.29, 1.82) is 0 Å². The molecule has 1 heterocycles. The standard InChI is InChI=1S/C22H24N2O3/c1-11-4-5-14(8-12(11)2)23(13(3)25)10-24-21(26)19-15-6-7-16(18-9-17(15)18)20(19)22(24)27/h4-8,15-20H,9-10H2,1-3H3/t15-,16-,17-,18-,19+,20+/m1/s1. The molecule has 0 spiro atoms. The molecule has 1 aliphatic heterocycles. The lowest BCUT2D eigenvalue weighted by Crippen LogP contribution is -2.44. The lowest BCUT2D eigenvalue weighted by Gasteiger charge is -2.37. The molecule has 6 atom stereocenters. The Morgan fingerprint density at radius 3 is 2.15 bits per heavy atom. The minimum absolute atomic E-state index is 0.0112. The van der Waals surface area contributed by atoms with Crippen LogP contribution in [-0.2, 0) is 14.4 Å². The van der Waals surface area contributed by atoms with Crippen molar-refractivity contribution in [1.82, 2.24) is 4.90 Å². The van der Waals surface area contributed by atoms with Gasteiger partial charge in [-0.05, 0) is 67.2 Å². The molecule has 2 bridgehead atoms. The Bertz CT molecular complexity index is 869. The van der Waals surface area contributed by atoms with Gasteiger partial charge in [0.1, 0.15) is 6.67 Å². The van der Waals surface area contributed by atoms with Gasteiger partial charge < -0.3 is 0 Å². The molecule has 2 saturated carbocycles. The maximum absolute atomic E-state index is 13.1. The molecule has 5 heteroatoms. The molecular weight excluding hydrogens is 340 g/mol. The van der Waals surface area contributed by atoms with Gasteiger partial charge >= 0.3 is 0 Å². The van der Waals surface area contributed by atoms with Crippen LogP contribution in [0.1, 0.15) is 24.5 Å². The number of rotatable bonds is 3. The quantitative estimate of drug-likeness (QED) is 0.612. The summed E-state index contributed by atoms with van der Waals surface area (Å²) in [6, 6.07) is 5.78.